The Hall–Kier alpha value is -4.05. The van der Waals surface area contributed by atoms with E-state index in [9.17, 15) is 31.5 Å². The second kappa shape index (κ2) is 11.3. The van der Waals surface area contributed by atoms with Crippen LogP contribution in [0.3, 0.4) is 0 Å². The first kappa shape index (κ1) is 27.5. The zero-order valence-corrected chi connectivity index (χ0v) is 19.4. The van der Waals surface area contributed by atoms with E-state index in [1.807, 2.05) is 30.3 Å². The third kappa shape index (κ3) is 7.01. The third-order valence-electron chi connectivity index (χ3n) is 4.87. The van der Waals surface area contributed by atoms with Gasteiger partial charge < -0.3 is 15.6 Å². The minimum absolute atomic E-state index is 0.234. The molecule has 1 aromatic carbocycles. The smallest absolute Gasteiger partial charge is 0.475 e. The summed E-state index contributed by atoms with van der Waals surface area (Å²) >= 11 is 1.48. The van der Waals surface area contributed by atoms with Crippen molar-refractivity contribution >= 4 is 29.1 Å². The van der Waals surface area contributed by atoms with E-state index in [0.29, 0.717) is 5.69 Å². The molecule has 0 saturated heterocycles. The minimum atomic E-state index is -5.08. The molecule has 4 N–H and O–H groups in total. The molecule has 0 bridgehead atoms. The number of carbonyl (C=O) groups is 2. The fraction of sp³-hybridized carbons (Fsp3) is 0.238. The molecule has 0 radical (unpaired) electrons. The van der Waals surface area contributed by atoms with Gasteiger partial charge in [-0.1, -0.05) is 12.1 Å². The number of carbonyl (C=O) groups excluding carboxylic acids is 1. The van der Waals surface area contributed by atoms with E-state index in [-0.39, 0.29) is 31.8 Å². The topological polar surface area (TPSA) is 141 Å². The fourth-order valence-electron chi connectivity index (χ4n) is 3.02. The number of aromatic nitrogens is 3. The summed E-state index contributed by atoms with van der Waals surface area (Å²) in [6.07, 6.45) is -6.14. The van der Waals surface area contributed by atoms with Crippen LogP contribution in [0.5, 0.6) is 0 Å². The third-order valence-corrected chi connectivity index (χ3v) is 5.99. The number of nitrogens with zero attached hydrogens (tertiary/aromatic N) is 3. The van der Waals surface area contributed by atoms with Crippen molar-refractivity contribution in [2.45, 2.75) is 25.9 Å². The summed E-state index contributed by atoms with van der Waals surface area (Å²) in [6, 6.07) is 9.52. The molecule has 1 aliphatic heterocycles. The van der Waals surface area contributed by atoms with Crippen LogP contribution in [0.25, 0.3) is 10.4 Å². The summed E-state index contributed by atoms with van der Waals surface area (Å²) < 4.78 is 64.6. The molecule has 0 saturated carbocycles. The Balaban J connectivity index is 0.000000479. The van der Waals surface area contributed by atoms with Gasteiger partial charge in [0.1, 0.15) is 12.9 Å². The van der Waals surface area contributed by atoms with Crippen LogP contribution in [0, 0.1) is 0 Å². The van der Waals surface area contributed by atoms with Crippen LogP contribution in [-0.2, 0) is 29.2 Å². The Morgan fingerprint density at radius 1 is 1.22 bits per heavy atom. The minimum Gasteiger partial charge on any atom is -0.475 e. The molecule has 4 rings (SSSR count). The lowest BCUT2D eigenvalue weighted by Crippen LogP contribution is -2.27. The number of rotatable bonds is 6. The molecular weight excluding hydrogens is 529 g/mol. The molecular formula is C21H18F5N5O5S. The van der Waals surface area contributed by atoms with Crippen LogP contribution < -0.4 is 16.7 Å². The number of ether oxygens (including phenoxy) is 1. The van der Waals surface area contributed by atoms with Gasteiger partial charge in [0.15, 0.2) is 0 Å². The normalized spacial score (nSPS) is 12.5. The highest BCUT2D eigenvalue weighted by atomic mass is 32.1. The largest absolute Gasteiger partial charge is 0.490 e. The zero-order chi connectivity index (χ0) is 27.3. The number of benzene rings is 1. The SMILES string of the molecule is NCC(Cn1ncn(Cc2ccc(-c3ccc4c(c3)NC(=O)OC4)s2)c1=O)=C(F)F.O=C(O)C(F)(F)F. The van der Waals surface area contributed by atoms with E-state index in [4.69, 9.17) is 20.4 Å². The summed E-state index contributed by atoms with van der Waals surface area (Å²) in [7, 11) is 0. The summed E-state index contributed by atoms with van der Waals surface area (Å²) in [6.45, 7) is -0.190. The highest BCUT2D eigenvalue weighted by Gasteiger charge is 2.38. The Morgan fingerprint density at radius 3 is 2.54 bits per heavy atom. The number of nitrogens with two attached hydrogens (primary N) is 1. The van der Waals surface area contributed by atoms with Crippen LogP contribution in [0.4, 0.5) is 32.4 Å². The molecule has 0 unspecified atom stereocenters. The highest BCUT2D eigenvalue weighted by molar-refractivity contribution is 7.15. The molecule has 16 heteroatoms. The summed E-state index contributed by atoms with van der Waals surface area (Å²) in [5, 5.41) is 13.7. The van der Waals surface area contributed by atoms with Gasteiger partial charge in [0.05, 0.1) is 18.8 Å². The van der Waals surface area contributed by atoms with Gasteiger partial charge in [-0.3, -0.25) is 9.88 Å². The highest BCUT2D eigenvalue weighted by Crippen LogP contribution is 2.33. The number of anilines is 1. The van der Waals surface area contributed by atoms with E-state index in [1.54, 1.807) is 0 Å². The van der Waals surface area contributed by atoms with Gasteiger partial charge >= 0.3 is 23.9 Å². The lowest BCUT2D eigenvalue weighted by Gasteiger charge is -2.17. The number of halogens is 5. The number of nitrogens with one attached hydrogen (secondary N) is 1. The van der Waals surface area contributed by atoms with Gasteiger partial charge in [-0.2, -0.15) is 27.1 Å². The number of cyclic esters (lactones) is 1. The van der Waals surface area contributed by atoms with E-state index < -0.39 is 30.0 Å². The van der Waals surface area contributed by atoms with Crippen molar-refractivity contribution in [1.29, 1.82) is 0 Å². The number of carboxylic acids is 1. The van der Waals surface area contributed by atoms with Crippen LogP contribution >= 0.6 is 11.3 Å². The Labute approximate surface area is 208 Å². The maximum absolute atomic E-state index is 12.8. The Kier molecular flexibility index (Phi) is 8.44. The summed E-state index contributed by atoms with van der Waals surface area (Å²) in [5.74, 6) is -2.76. The monoisotopic (exact) mass is 547 g/mol. The molecule has 1 amide bonds. The first-order chi connectivity index (χ1) is 17.4. The van der Waals surface area contributed by atoms with Gasteiger partial charge in [-0.25, -0.2) is 19.1 Å². The molecule has 10 nitrogen and oxygen atoms in total. The molecule has 0 fully saturated rings. The second-order valence-corrected chi connectivity index (χ2v) is 8.58. The molecule has 3 heterocycles. The number of fused-ring (bicyclic) bond motifs is 1. The average molecular weight is 547 g/mol. The van der Waals surface area contributed by atoms with Crippen molar-refractivity contribution < 1.29 is 41.4 Å². The first-order valence-electron chi connectivity index (χ1n) is 10.2. The molecule has 3 aromatic rings. The van der Waals surface area contributed by atoms with Gasteiger partial charge in [-0.05, 0) is 23.8 Å². The maximum Gasteiger partial charge on any atom is 0.490 e. The van der Waals surface area contributed by atoms with E-state index in [2.05, 4.69) is 10.4 Å². The predicted octanol–water partition coefficient (Wildman–Crippen LogP) is 3.63. The van der Waals surface area contributed by atoms with Crippen LogP contribution in [-0.4, -0.2) is 44.2 Å². The molecule has 0 atom stereocenters. The van der Waals surface area contributed by atoms with Gasteiger partial charge in [0.2, 0.25) is 0 Å². The number of hydrogen-bond acceptors (Lipinski definition) is 7. The second-order valence-electron chi connectivity index (χ2n) is 7.41. The molecule has 198 valence electrons. The number of amides is 1. The standard InChI is InChI=1S/C19H17F2N5O3S.C2HF3O2/c20-17(21)13(6-22)7-26-19(28)25(10-23-26)8-14-3-4-16(30-14)11-1-2-12-9-29-18(27)24-15(12)5-11;3-2(4,5)1(6)7/h1-5,10H,6-9,22H2,(H,24,27);(H,6,7). The van der Waals surface area contributed by atoms with Crippen LogP contribution in [0.15, 0.2) is 53.1 Å². The first-order valence-corrected chi connectivity index (χ1v) is 11.0. The van der Waals surface area contributed by atoms with Crippen molar-refractivity contribution in [2.24, 2.45) is 5.73 Å². The van der Waals surface area contributed by atoms with Crippen LogP contribution in [0.2, 0.25) is 0 Å². The molecule has 37 heavy (non-hydrogen) atoms. The average Bonchev–Trinajstić information content (AvgIpc) is 3.44. The molecule has 0 aliphatic carbocycles. The van der Waals surface area contributed by atoms with Crippen molar-refractivity contribution in [3.8, 4) is 10.4 Å². The van der Waals surface area contributed by atoms with Crippen molar-refractivity contribution in [3.05, 3.63) is 69.2 Å². The van der Waals surface area contributed by atoms with E-state index in [0.717, 1.165) is 25.6 Å². The van der Waals surface area contributed by atoms with Gasteiger partial charge in [0.25, 0.3) is 6.08 Å². The number of hydrogen-bond donors (Lipinski definition) is 3. The van der Waals surface area contributed by atoms with Gasteiger partial charge in [0, 0.05) is 27.4 Å². The Bertz CT molecular complexity index is 1390. The zero-order valence-electron chi connectivity index (χ0n) is 18.6. The number of thiophene rings is 1. The summed E-state index contributed by atoms with van der Waals surface area (Å²) in [5.41, 5.74) is 7.00. The number of aliphatic carboxylic acids is 1. The molecule has 0 spiro atoms. The molecule has 2 aromatic heterocycles. The van der Waals surface area contributed by atoms with Gasteiger partial charge in [-0.15, -0.1) is 11.3 Å². The summed E-state index contributed by atoms with van der Waals surface area (Å²) in [4.78, 5) is 34.6. The van der Waals surface area contributed by atoms with Crippen molar-refractivity contribution in [2.75, 3.05) is 11.9 Å². The predicted molar refractivity (Wildman–Crippen MR) is 121 cm³/mol. The quantitative estimate of drug-likeness (QED) is 0.400. The fourth-order valence-corrected chi connectivity index (χ4v) is 4.02. The van der Waals surface area contributed by atoms with Crippen molar-refractivity contribution in [1.82, 2.24) is 14.3 Å². The lowest BCUT2D eigenvalue weighted by molar-refractivity contribution is -0.192. The van der Waals surface area contributed by atoms with E-state index >= 15 is 0 Å². The number of alkyl halides is 3. The van der Waals surface area contributed by atoms with Crippen molar-refractivity contribution in [3.63, 3.8) is 0 Å². The Morgan fingerprint density at radius 2 is 1.92 bits per heavy atom. The molecule has 1 aliphatic rings. The van der Waals surface area contributed by atoms with E-state index in [1.165, 1.54) is 22.2 Å². The maximum atomic E-state index is 12.8. The lowest BCUT2D eigenvalue weighted by atomic mass is 10.1. The number of carboxylic acid groups (broad SMARTS) is 1. The van der Waals surface area contributed by atoms with Crippen LogP contribution in [0.1, 0.15) is 10.4 Å².